The molecule has 2 aromatic rings. The van der Waals surface area contributed by atoms with Gasteiger partial charge in [-0.1, -0.05) is 12.1 Å². The third kappa shape index (κ3) is 2.13. The third-order valence-corrected chi connectivity index (χ3v) is 2.83. The molecule has 1 heterocycles. The van der Waals surface area contributed by atoms with E-state index in [1.807, 2.05) is 35.9 Å². The van der Waals surface area contributed by atoms with E-state index < -0.39 is 0 Å². The van der Waals surface area contributed by atoms with Crippen LogP contribution in [0, 0.1) is 6.92 Å². The fraction of sp³-hybridized carbons (Fsp3) is 0.286. The van der Waals surface area contributed by atoms with E-state index in [0.717, 1.165) is 23.1 Å². The molecule has 0 aliphatic carbocycles. The van der Waals surface area contributed by atoms with Gasteiger partial charge in [-0.3, -0.25) is 9.48 Å². The summed E-state index contributed by atoms with van der Waals surface area (Å²) < 4.78 is 1.97. The van der Waals surface area contributed by atoms with Crippen molar-refractivity contribution in [3.63, 3.8) is 0 Å². The summed E-state index contributed by atoms with van der Waals surface area (Å²) >= 11 is 0. The Balaban J connectivity index is 2.59. The van der Waals surface area contributed by atoms with E-state index in [4.69, 9.17) is 0 Å². The Morgan fingerprint density at radius 1 is 1.29 bits per heavy atom. The van der Waals surface area contributed by atoms with Crippen LogP contribution in [0.25, 0.3) is 11.3 Å². The minimum Gasteiger partial charge on any atom is -0.298 e. The molecule has 0 amide bonds. The molecule has 0 saturated carbocycles. The molecule has 0 unspecified atom stereocenters. The van der Waals surface area contributed by atoms with Crippen LogP contribution >= 0.6 is 0 Å². The SMILES string of the molecule is Cc1ccc(C=O)cc1-c1ccnn1C(C)C. The second-order valence-corrected chi connectivity index (χ2v) is 4.45. The molecule has 1 aromatic heterocycles. The number of rotatable bonds is 3. The van der Waals surface area contributed by atoms with Crippen LogP contribution in [0.2, 0.25) is 0 Å². The molecule has 17 heavy (non-hydrogen) atoms. The summed E-state index contributed by atoms with van der Waals surface area (Å²) in [7, 11) is 0. The van der Waals surface area contributed by atoms with Crippen molar-refractivity contribution in [3.05, 3.63) is 41.6 Å². The first-order valence-corrected chi connectivity index (χ1v) is 5.73. The Hall–Kier alpha value is -1.90. The largest absolute Gasteiger partial charge is 0.298 e. The first-order chi connectivity index (χ1) is 8.13. The third-order valence-electron chi connectivity index (χ3n) is 2.83. The molecule has 0 spiro atoms. The van der Waals surface area contributed by atoms with Gasteiger partial charge in [0.25, 0.3) is 0 Å². The lowest BCUT2D eigenvalue weighted by Crippen LogP contribution is -2.05. The van der Waals surface area contributed by atoms with Crippen molar-refractivity contribution in [2.24, 2.45) is 0 Å². The van der Waals surface area contributed by atoms with Gasteiger partial charge >= 0.3 is 0 Å². The minimum atomic E-state index is 0.305. The van der Waals surface area contributed by atoms with Crippen molar-refractivity contribution < 1.29 is 4.79 Å². The summed E-state index contributed by atoms with van der Waals surface area (Å²) in [6.07, 6.45) is 2.67. The lowest BCUT2D eigenvalue weighted by Gasteiger charge is -2.13. The maximum atomic E-state index is 10.8. The molecule has 0 atom stereocenters. The highest BCUT2D eigenvalue weighted by Gasteiger charge is 2.10. The van der Waals surface area contributed by atoms with Crippen LogP contribution in [0.1, 0.15) is 35.8 Å². The number of aryl methyl sites for hydroxylation is 1. The maximum absolute atomic E-state index is 10.8. The summed E-state index contributed by atoms with van der Waals surface area (Å²) in [5.74, 6) is 0. The number of benzene rings is 1. The molecule has 0 N–H and O–H groups in total. The second-order valence-electron chi connectivity index (χ2n) is 4.45. The molecule has 0 aliphatic rings. The fourth-order valence-electron chi connectivity index (χ4n) is 1.93. The highest BCUT2D eigenvalue weighted by atomic mass is 16.1. The summed E-state index contributed by atoms with van der Waals surface area (Å²) in [6, 6.07) is 8.01. The molecule has 3 nitrogen and oxygen atoms in total. The number of carbonyl (C=O) groups excluding carboxylic acids is 1. The molecule has 0 aliphatic heterocycles. The fourth-order valence-corrected chi connectivity index (χ4v) is 1.93. The van der Waals surface area contributed by atoms with Crippen LogP contribution in [0.4, 0.5) is 0 Å². The second kappa shape index (κ2) is 4.53. The standard InChI is InChI=1S/C14H16N2O/c1-10(2)16-14(6-7-15-16)13-8-12(9-17)5-4-11(13)3/h4-10H,1-3H3. The van der Waals surface area contributed by atoms with Crippen molar-refractivity contribution >= 4 is 6.29 Å². The van der Waals surface area contributed by atoms with E-state index in [-0.39, 0.29) is 0 Å². The van der Waals surface area contributed by atoms with Gasteiger partial charge in [0, 0.05) is 23.4 Å². The molecule has 1 aromatic carbocycles. The van der Waals surface area contributed by atoms with Crippen molar-refractivity contribution in [1.82, 2.24) is 9.78 Å². The van der Waals surface area contributed by atoms with E-state index in [9.17, 15) is 4.79 Å². The molecule has 0 radical (unpaired) electrons. The number of hydrogen-bond acceptors (Lipinski definition) is 2. The van der Waals surface area contributed by atoms with E-state index in [0.29, 0.717) is 11.6 Å². The van der Waals surface area contributed by atoms with Crippen LogP contribution in [0.3, 0.4) is 0 Å². The van der Waals surface area contributed by atoms with Gasteiger partial charge in [0.05, 0.1) is 5.69 Å². The molecule has 0 saturated heterocycles. The molecule has 0 fully saturated rings. The minimum absolute atomic E-state index is 0.305. The van der Waals surface area contributed by atoms with Gasteiger partial charge < -0.3 is 0 Å². The molecule has 3 heteroatoms. The summed E-state index contributed by atoms with van der Waals surface area (Å²) in [5, 5.41) is 4.32. The van der Waals surface area contributed by atoms with Crippen molar-refractivity contribution in [2.45, 2.75) is 26.8 Å². The summed E-state index contributed by atoms with van der Waals surface area (Å²) in [4.78, 5) is 10.8. The highest BCUT2D eigenvalue weighted by Crippen LogP contribution is 2.26. The van der Waals surface area contributed by atoms with Gasteiger partial charge in [-0.2, -0.15) is 5.10 Å². The maximum Gasteiger partial charge on any atom is 0.150 e. The molecule has 0 bridgehead atoms. The zero-order valence-corrected chi connectivity index (χ0v) is 10.3. The smallest absolute Gasteiger partial charge is 0.150 e. The average Bonchev–Trinajstić information content (AvgIpc) is 2.78. The Kier molecular flexibility index (Phi) is 3.09. The number of aldehydes is 1. The molecular formula is C14H16N2O. The van der Waals surface area contributed by atoms with Crippen molar-refractivity contribution in [2.75, 3.05) is 0 Å². The highest BCUT2D eigenvalue weighted by molar-refractivity contribution is 5.79. The lowest BCUT2D eigenvalue weighted by molar-refractivity contribution is 0.112. The van der Waals surface area contributed by atoms with Gasteiger partial charge in [-0.15, -0.1) is 0 Å². The van der Waals surface area contributed by atoms with Gasteiger partial charge in [-0.05, 0) is 38.5 Å². The number of carbonyl (C=O) groups is 1. The van der Waals surface area contributed by atoms with Gasteiger partial charge in [-0.25, -0.2) is 0 Å². The normalized spacial score (nSPS) is 10.8. The van der Waals surface area contributed by atoms with Gasteiger partial charge in [0.15, 0.2) is 0 Å². The Bertz CT molecular complexity index is 541. The Morgan fingerprint density at radius 3 is 2.71 bits per heavy atom. The molecule has 2 rings (SSSR count). The van der Waals surface area contributed by atoms with E-state index in [2.05, 4.69) is 18.9 Å². The first-order valence-electron chi connectivity index (χ1n) is 5.73. The van der Waals surface area contributed by atoms with E-state index in [1.165, 1.54) is 0 Å². The van der Waals surface area contributed by atoms with Crippen molar-refractivity contribution in [1.29, 1.82) is 0 Å². The number of hydrogen-bond donors (Lipinski definition) is 0. The van der Waals surface area contributed by atoms with Crippen LogP contribution < -0.4 is 0 Å². The Labute approximate surface area is 101 Å². The van der Waals surface area contributed by atoms with Gasteiger partial charge in [0.1, 0.15) is 6.29 Å². The monoisotopic (exact) mass is 228 g/mol. The van der Waals surface area contributed by atoms with Crippen LogP contribution in [0.15, 0.2) is 30.5 Å². The predicted molar refractivity (Wildman–Crippen MR) is 68.2 cm³/mol. The first kappa shape index (κ1) is 11.6. The topological polar surface area (TPSA) is 34.9 Å². The molecule has 88 valence electrons. The summed E-state index contributed by atoms with van der Waals surface area (Å²) in [6.45, 7) is 6.23. The predicted octanol–water partition coefficient (Wildman–Crippen LogP) is 3.25. The Morgan fingerprint density at radius 2 is 2.06 bits per heavy atom. The summed E-state index contributed by atoms with van der Waals surface area (Å²) in [5.41, 5.74) is 3.97. The van der Waals surface area contributed by atoms with Gasteiger partial charge in [0.2, 0.25) is 0 Å². The molecular weight excluding hydrogens is 212 g/mol. The average molecular weight is 228 g/mol. The van der Waals surface area contributed by atoms with Crippen LogP contribution in [-0.2, 0) is 0 Å². The number of aromatic nitrogens is 2. The van der Waals surface area contributed by atoms with E-state index in [1.54, 1.807) is 6.20 Å². The zero-order chi connectivity index (χ0) is 12.4. The quantitative estimate of drug-likeness (QED) is 0.756. The van der Waals surface area contributed by atoms with Crippen LogP contribution in [0.5, 0.6) is 0 Å². The van der Waals surface area contributed by atoms with Crippen LogP contribution in [-0.4, -0.2) is 16.1 Å². The number of nitrogens with zero attached hydrogens (tertiary/aromatic N) is 2. The van der Waals surface area contributed by atoms with E-state index >= 15 is 0 Å². The zero-order valence-electron chi connectivity index (χ0n) is 10.3. The lowest BCUT2D eigenvalue weighted by atomic mass is 10.0. The van der Waals surface area contributed by atoms with Crippen molar-refractivity contribution in [3.8, 4) is 11.3 Å².